The Morgan fingerprint density at radius 3 is 3.06 bits per heavy atom. The molecule has 0 radical (unpaired) electrons. The molecule has 0 N–H and O–H groups in total. The maximum Gasteiger partial charge on any atom is 0.138 e. The zero-order chi connectivity index (χ0) is 12.4. The topological polar surface area (TPSA) is 25.4 Å². The molecule has 2 aromatic rings. The second kappa shape index (κ2) is 5.08. The van der Waals surface area contributed by atoms with Crippen molar-refractivity contribution in [2.24, 2.45) is 0 Å². The molecule has 1 saturated heterocycles. The van der Waals surface area contributed by atoms with Crippen molar-refractivity contribution in [3.05, 3.63) is 35.3 Å². The maximum atomic E-state index is 5.82. The zero-order valence-corrected chi connectivity index (χ0v) is 11.2. The molecule has 0 aromatic carbocycles. The summed E-state index contributed by atoms with van der Waals surface area (Å²) in [6.45, 7) is 1.94. The quantitative estimate of drug-likeness (QED) is 0.845. The molecule has 3 nitrogen and oxygen atoms in total. The summed E-state index contributed by atoms with van der Waals surface area (Å²) in [7, 11) is 2.14. The smallest absolute Gasteiger partial charge is 0.138 e. The van der Waals surface area contributed by atoms with Crippen LogP contribution in [0.15, 0.2) is 35.3 Å². The van der Waals surface area contributed by atoms with E-state index >= 15 is 0 Å². The van der Waals surface area contributed by atoms with E-state index < -0.39 is 0 Å². The van der Waals surface area contributed by atoms with Gasteiger partial charge in [-0.1, -0.05) is 0 Å². The highest BCUT2D eigenvalue weighted by Crippen LogP contribution is 2.25. The highest BCUT2D eigenvalue weighted by molar-refractivity contribution is 7.08. The van der Waals surface area contributed by atoms with Crippen molar-refractivity contribution >= 4 is 11.3 Å². The first-order valence-corrected chi connectivity index (χ1v) is 7.08. The summed E-state index contributed by atoms with van der Waals surface area (Å²) in [5, 5.41) is 4.20. The highest BCUT2D eigenvalue weighted by atomic mass is 32.1. The number of hydrogen-bond donors (Lipinski definition) is 0. The Hall–Kier alpha value is -1.39. The molecule has 3 heterocycles. The van der Waals surface area contributed by atoms with Crippen LogP contribution in [0.5, 0.6) is 5.75 Å². The molecular formula is C14H16N2OS. The van der Waals surface area contributed by atoms with Crippen molar-refractivity contribution in [1.82, 2.24) is 9.88 Å². The average molecular weight is 260 g/mol. The number of pyridine rings is 1. The lowest BCUT2D eigenvalue weighted by Gasteiger charge is -2.37. The zero-order valence-electron chi connectivity index (χ0n) is 10.4. The Balaban J connectivity index is 1.67. The number of likely N-dealkylation sites (N-methyl/N-ethyl adjacent to an activating group) is 1. The molecule has 0 unspecified atom stereocenters. The second-order valence-corrected chi connectivity index (χ2v) is 5.44. The predicted molar refractivity (Wildman–Crippen MR) is 74.1 cm³/mol. The molecule has 18 heavy (non-hydrogen) atoms. The van der Waals surface area contributed by atoms with Crippen LogP contribution in [0.4, 0.5) is 0 Å². The van der Waals surface area contributed by atoms with Crippen LogP contribution in [-0.4, -0.2) is 36.1 Å². The van der Waals surface area contributed by atoms with Gasteiger partial charge in [-0.25, -0.2) is 0 Å². The van der Waals surface area contributed by atoms with Gasteiger partial charge in [0.05, 0.1) is 6.20 Å². The van der Waals surface area contributed by atoms with Gasteiger partial charge in [0.25, 0.3) is 0 Å². The van der Waals surface area contributed by atoms with Gasteiger partial charge in [0.15, 0.2) is 0 Å². The summed E-state index contributed by atoms with van der Waals surface area (Å²) in [6, 6.07) is 4.73. The van der Waals surface area contributed by atoms with Gasteiger partial charge in [0, 0.05) is 17.8 Å². The number of nitrogens with zero attached hydrogens (tertiary/aromatic N) is 2. The fourth-order valence-electron chi connectivity index (χ4n) is 2.06. The Kier molecular flexibility index (Phi) is 3.30. The van der Waals surface area contributed by atoms with Crippen LogP contribution < -0.4 is 4.74 Å². The third-order valence-electron chi connectivity index (χ3n) is 3.45. The van der Waals surface area contributed by atoms with Gasteiger partial charge in [-0.05, 0) is 48.5 Å². The number of rotatable bonds is 4. The largest absolute Gasteiger partial charge is 0.490 e. The van der Waals surface area contributed by atoms with Crippen molar-refractivity contribution in [3.63, 3.8) is 0 Å². The van der Waals surface area contributed by atoms with E-state index in [4.69, 9.17) is 4.74 Å². The fraction of sp³-hybridized carbons (Fsp3) is 0.357. The number of thiophene rings is 1. The third-order valence-corrected chi connectivity index (χ3v) is 4.13. The minimum atomic E-state index is 0.565. The molecule has 1 fully saturated rings. The third kappa shape index (κ3) is 2.40. The summed E-state index contributed by atoms with van der Waals surface area (Å²) >= 11 is 1.70. The highest BCUT2D eigenvalue weighted by Gasteiger charge is 2.24. The molecule has 94 valence electrons. The first kappa shape index (κ1) is 11.7. The van der Waals surface area contributed by atoms with Crippen molar-refractivity contribution in [2.45, 2.75) is 12.5 Å². The molecular weight excluding hydrogens is 244 g/mol. The van der Waals surface area contributed by atoms with Gasteiger partial charge >= 0.3 is 0 Å². The molecule has 2 aromatic heterocycles. The molecule has 0 bridgehead atoms. The molecule has 1 atom stereocenters. The van der Waals surface area contributed by atoms with E-state index in [0.717, 1.165) is 17.9 Å². The number of hydrogen-bond acceptors (Lipinski definition) is 4. The molecule has 0 aliphatic carbocycles. The molecule has 0 spiro atoms. The Morgan fingerprint density at radius 2 is 2.39 bits per heavy atom. The van der Waals surface area contributed by atoms with E-state index in [-0.39, 0.29) is 0 Å². The molecule has 1 aliphatic heterocycles. The van der Waals surface area contributed by atoms with E-state index in [1.54, 1.807) is 17.5 Å². The lowest BCUT2D eigenvalue weighted by molar-refractivity contribution is 0.0768. The first-order valence-electron chi connectivity index (χ1n) is 6.13. The van der Waals surface area contributed by atoms with Crippen LogP contribution in [0.25, 0.3) is 11.1 Å². The van der Waals surface area contributed by atoms with Crippen LogP contribution in [0.1, 0.15) is 6.42 Å². The summed E-state index contributed by atoms with van der Waals surface area (Å²) in [4.78, 5) is 6.56. The van der Waals surface area contributed by atoms with Crippen molar-refractivity contribution in [2.75, 3.05) is 20.2 Å². The van der Waals surface area contributed by atoms with Gasteiger partial charge in [-0.3, -0.25) is 9.88 Å². The molecule has 4 heteroatoms. The van der Waals surface area contributed by atoms with E-state index in [1.165, 1.54) is 18.5 Å². The van der Waals surface area contributed by atoms with Crippen LogP contribution in [-0.2, 0) is 0 Å². The summed E-state index contributed by atoms with van der Waals surface area (Å²) in [5.74, 6) is 0.860. The predicted octanol–water partition coefficient (Wildman–Crippen LogP) is 2.89. The SMILES string of the molecule is CN1CC[C@@H]1COc1cncc(-c2ccsc2)c1. The Labute approximate surface area is 111 Å². The summed E-state index contributed by atoms with van der Waals surface area (Å²) in [6.07, 6.45) is 4.90. The number of aromatic nitrogens is 1. The molecule has 1 aliphatic rings. The Bertz CT molecular complexity index is 512. The maximum absolute atomic E-state index is 5.82. The lowest BCUT2D eigenvalue weighted by Crippen LogP contribution is -2.48. The van der Waals surface area contributed by atoms with E-state index in [2.05, 4.69) is 39.8 Å². The van der Waals surface area contributed by atoms with Crippen LogP contribution in [0.3, 0.4) is 0 Å². The van der Waals surface area contributed by atoms with E-state index in [9.17, 15) is 0 Å². The Morgan fingerprint density at radius 1 is 1.44 bits per heavy atom. The lowest BCUT2D eigenvalue weighted by atomic mass is 10.1. The number of ether oxygens (including phenoxy) is 1. The molecule has 3 rings (SSSR count). The van der Waals surface area contributed by atoms with Gasteiger partial charge in [-0.2, -0.15) is 11.3 Å². The summed E-state index contributed by atoms with van der Waals surface area (Å²) < 4.78 is 5.82. The van der Waals surface area contributed by atoms with Gasteiger partial charge in [-0.15, -0.1) is 0 Å². The first-order chi connectivity index (χ1) is 8.83. The van der Waals surface area contributed by atoms with Crippen LogP contribution in [0.2, 0.25) is 0 Å². The van der Waals surface area contributed by atoms with Gasteiger partial charge < -0.3 is 4.74 Å². The fourth-order valence-corrected chi connectivity index (χ4v) is 2.72. The van der Waals surface area contributed by atoms with Crippen molar-refractivity contribution < 1.29 is 4.74 Å². The van der Waals surface area contributed by atoms with Crippen molar-refractivity contribution in [3.8, 4) is 16.9 Å². The monoisotopic (exact) mass is 260 g/mol. The normalized spacial score (nSPS) is 19.5. The number of likely N-dealkylation sites (tertiary alicyclic amines) is 1. The molecule has 0 amide bonds. The van der Waals surface area contributed by atoms with Gasteiger partial charge in [0.2, 0.25) is 0 Å². The summed E-state index contributed by atoms with van der Waals surface area (Å²) in [5.41, 5.74) is 2.33. The standard InChI is InChI=1S/C14H16N2OS/c1-16-4-2-13(16)9-17-14-6-12(7-15-8-14)11-3-5-18-10-11/h3,5-8,10,13H,2,4,9H2,1H3/t13-/m1/s1. The van der Waals surface area contributed by atoms with Crippen LogP contribution >= 0.6 is 11.3 Å². The minimum Gasteiger partial charge on any atom is -0.490 e. The molecule has 0 saturated carbocycles. The van der Waals surface area contributed by atoms with Crippen LogP contribution in [0, 0.1) is 0 Å². The van der Waals surface area contributed by atoms with E-state index in [1.807, 2.05) is 6.20 Å². The van der Waals surface area contributed by atoms with Gasteiger partial charge in [0.1, 0.15) is 12.4 Å². The average Bonchev–Trinajstić information content (AvgIpc) is 2.91. The van der Waals surface area contributed by atoms with E-state index in [0.29, 0.717) is 6.04 Å². The second-order valence-electron chi connectivity index (χ2n) is 4.66. The van der Waals surface area contributed by atoms with Crippen molar-refractivity contribution in [1.29, 1.82) is 0 Å². The minimum absolute atomic E-state index is 0.565.